The van der Waals surface area contributed by atoms with Gasteiger partial charge in [-0.05, 0) is 5.92 Å². The molecule has 0 aliphatic carbocycles. The summed E-state index contributed by atoms with van der Waals surface area (Å²) < 4.78 is 21.1. The van der Waals surface area contributed by atoms with E-state index in [9.17, 15) is 9.59 Å². The molecule has 0 aromatic rings. The van der Waals surface area contributed by atoms with Crippen LogP contribution in [-0.2, 0) is 28.5 Å². The molecule has 0 fully saturated rings. The third-order valence-electron chi connectivity index (χ3n) is 3.06. The molecule has 7 nitrogen and oxygen atoms in total. The standard InChI is InChI=1S/C17H33NO6/c1-5-16(19)13-23-10-8-21-6-7-22-9-11-24-14-17(20)18(4)12-15(2)3/h15H,5-14H2,1-4H3. The summed E-state index contributed by atoms with van der Waals surface area (Å²) in [5, 5.41) is 0. The minimum Gasteiger partial charge on any atom is -0.377 e. The minimum atomic E-state index is -0.0198. The number of hydrogen-bond donors (Lipinski definition) is 0. The van der Waals surface area contributed by atoms with E-state index in [1.165, 1.54) is 0 Å². The van der Waals surface area contributed by atoms with E-state index in [0.717, 1.165) is 6.54 Å². The summed E-state index contributed by atoms with van der Waals surface area (Å²) in [6.45, 7) is 9.46. The lowest BCUT2D eigenvalue weighted by molar-refractivity contribution is -0.135. The van der Waals surface area contributed by atoms with Crippen LogP contribution >= 0.6 is 0 Å². The second kappa shape index (κ2) is 15.5. The van der Waals surface area contributed by atoms with Crippen LogP contribution in [0.1, 0.15) is 27.2 Å². The maximum absolute atomic E-state index is 11.7. The largest absolute Gasteiger partial charge is 0.377 e. The summed E-state index contributed by atoms with van der Waals surface area (Å²) in [6, 6.07) is 0. The average molecular weight is 347 g/mol. The SMILES string of the molecule is CCC(=O)COCCOCCOCCOCC(=O)N(C)CC(C)C. The van der Waals surface area contributed by atoms with Gasteiger partial charge in [-0.2, -0.15) is 0 Å². The fourth-order valence-corrected chi connectivity index (χ4v) is 1.76. The number of likely N-dealkylation sites (N-methyl/N-ethyl adjacent to an activating group) is 1. The highest BCUT2D eigenvalue weighted by Crippen LogP contribution is 1.96. The molecule has 0 aromatic carbocycles. The Morgan fingerprint density at radius 1 is 0.833 bits per heavy atom. The van der Waals surface area contributed by atoms with Crippen molar-refractivity contribution in [1.29, 1.82) is 0 Å². The molecule has 0 atom stereocenters. The number of ether oxygens (including phenoxy) is 4. The van der Waals surface area contributed by atoms with E-state index >= 15 is 0 Å². The second-order valence-corrected chi connectivity index (χ2v) is 5.89. The van der Waals surface area contributed by atoms with Crippen LogP contribution in [0.25, 0.3) is 0 Å². The highest BCUT2D eigenvalue weighted by Gasteiger charge is 2.09. The van der Waals surface area contributed by atoms with E-state index in [1.54, 1.807) is 11.9 Å². The van der Waals surface area contributed by atoms with Gasteiger partial charge in [0.1, 0.15) is 13.2 Å². The van der Waals surface area contributed by atoms with Crippen molar-refractivity contribution in [2.75, 3.05) is 66.4 Å². The van der Waals surface area contributed by atoms with E-state index in [0.29, 0.717) is 52.0 Å². The van der Waals surface area contributed by atoms with Gasteiger partial charge in [0.2, 0.25) is 5.91 Å². The van der Waals surface area contributed by atoms with E-state index < -0.39 is 0 Å². The molecule has 0 spiro atoms. The van der Waals surface area contributed by atoms with Gasteiger partial charge in [-0.25, -0.2) is 0 Å². The third-order valence-corrected chi connectivity index (χ3v) is 3.06. The molecule has 24 heavy (non-hydrogen) atoms. The van der Waals surface area contributed by atoms with Crippen molar-refractivity contribution in [3.63, 3.8) is 0 Å². The Labute approximate surface area is 145 Å². The molecule has 0 bridgehead atoms. The van der Waals surface area contributed by atoms with Crippen molar-refractivity contribution in [2.24, 2.45) is 5.92 Å². The van der Waals surface area contributed by atoms with Gasteiger partial charge in [-0.3, -0.25) is 9.59 Å². The van der Waals surface area contributed by atoms with Crippen molar-refractivity contribution in [3.8, 4) is 0 Å². The molecule has 0 aromatic heterocycles. The summed E-state index contributed by atoms with van der Waals surface area (Å²) >= 11 is 0. The Kier molecular flexibility index (Phi) is 14.8. The van der Waals surface area contributed by atoms with Gasteiger partial charge in [0, 0.05) is 20.0 Å². The number of ketones is 1. The fourth-order valence-electron chi connectivity index (χ4n) is 1.76. The quantitative estimate of drug-likeness (QED) is 0.390. The van der Waals surface area contributed by atoms with Gasteiger partial charge in [0.15, 0.2) is 5.78 Å². The highest BCUT2D eigenvalue weighted by atomic mass is 16.6. The summed E-state index contributed by atoms with van der Waals surface area (Å²) in [6.07, 6.45) is 0.496. The Bertz CT molecular complexity index is 335. The molecule has 7 heteroatoms. The highest BCUT2D eigenvalue weighted by molar-refractivity contribution is 5.79. The smallest absolute Gasteiger partial charge is 0.248 e. The topological polar surface area (TPSA) is 74.3 Å². The maximum atomic E-state index is 11.7. The lowest BCUT2D eigenvalue weighted by Crippen LogP contribution is -2.33. The van der Waals surface area contributed by atoms with Crippen molar-refractivity contribution < 1.29 is 28.5 Å². The second-order valence-electron chi connectivity index (χ2n) is 5.89. The van der Waals surface area contributed by atoms with Crippen molar-refractivity contribution in [2.45, 2.75) is 27.2 Å². The van der Waals surface area contributed by atoms with Crippen LogP contribution in [0.2, 0.25) is 0 Å². The summed E-state index contributed by atoms with van der Waals surface area (Å²) in [5.74, 6) is 0.514. The molecular weight excluding hydrogens is 314 g/mol. The molecule has 0 aliphatic rings. The van der Waals surface area contributed by atoms with Crippen LogP contribution in [0.15, 0.2) is 0 Å². The normalized spacial score (nSPS) is 11.0. The molecule has 1 amide bonds. The number of hydrogen-bond acceptors (Lipinski definition) is 6. The van der Waals surface area contributed by atoms with E-state index in [4.69, 9.17) is 18.9 Å². The van der Waals surface area contributed by atoms with Crippen molar-refractivity contribution >= 4 is 11.7 Å². The lowest BCUT2D eigenvalue weighted by atomic mass is 10.2. The van der Waals surface area contributed by atoms with Crippen molar-refractivity contribution in [1.82, 2.24) is 4.90 Å². The molecule has 0 N–H and O–H groups in total. The van der Waals surface area contributed by atoms with Gasteiger partial charge >= 0.3 is 0 Å². The Morgan fingerprint density at radius 3 is 1.75 bits per heavy atom. The number of amides is 1. The Hall–Kier alpha value is -1.02. The minimum absolute atomic E-state index is 0.0198. The van der Waals surface area contributed by atoms with Crippen LogP contribution in [0, 0.1) is 5.92 Å². The molecule has 0 radical (unpaired) electrons. The van der Waals surface area contributed by atoms with E-state index in [1.807, 2.05) is 6.92 Å². The lowest BCUT2D eigenvalue weighted by Gasteiger charge is -2.19. The zero-order valence-electron chi connectivity index (χ0n) is 15.5. The van der Waals surface area contributed by atoms with E-state index in [2.05, 4.69) is 13.8 Å². The van der Waals surface area contributed by atoms with E-state index in [-0.39, 0.29) is 24.9 Å². The first kappa shape index (κ1) is 23.0. The summed E-state index contributed by atoms with van der Waals surface area (Å²) in [4.78, 5) is 24.4. The summed E-state index contributed by atoms with van der Waals surface area (Å²) in [5.41, 5.74) is 0. The molecule has 0 rings (SSSR count). The molecule has 0 saturated heterocycles. The van der Waals surface area contributed by atoms with Crippen LogP contribution in [0.4, 0.5) is 0 Å². The number of rotatable bonds is 16. The van der Waals surface area contributed by atoms with Crippen molar-refractivity contribution in [3.05, 3.63) is 0 Å². The van der Waals surface area contributed by atoms with Crippen LogP contribution < -0.4 is 0 Å². The molecule has 0 unspecified atom stereocenters. The predicted octanol–water partition coefficient (Wildman–Crippen LogP) is 1.15. The summed E-state index contributed by atoms with van der Waals surface area (Å²) in [7, 11) is 1.78. The first-order valence-electron chi connectivity index (χ1n) is 8.54. The first-order valence-corrected chi connectivity index (χ1v) is 8.54. The molecular formula is C17H33NO6. The van der Waals surface area contributed by atoms with Gasteiger partial charge in [0.25, 0.3) is 0 Å². The zero-order chi connectivity index (χ0) is 18.2. The predicted molar refractivity (Wildman–Crippen MR) is 91.0 cm³/mol. The zero-order valence-corrected chi connectivity index (χ0v) is 15.5. The monoisotopic (exact) mass is 347 g/mol. The number of Topliss-reactive ketones (excluding diaryl/α,β-unsaturated/α-hetero) is 1. The fraction of sp³-hybridized carbons (Fsp3) is 0.882. The van der Waals surface area contributed by atoms with Crippen LogP contribution in [0.3, 0.4) is 0 Å². The van der Waals surface area contributed by atoms with Gasteiger partial charge in [-0.15, -0.1) is 0 Å². The molecule has 0 heterocycles. The van der Waals surface area contributed by atoms with Crippen LogP contribution in [0.5, 0.6) is 0 Å². The molecule has 0 saturated carbocycles. The van der Waals surface area contributed by atoms with Gasteiger partial charge < -0.3 is 23.8 Å². The van der Waals surface area contributed by atoms with Crippen LogP contribution in [-0.4, -0.2) is 83.0 Å². The third kappa shape index (κ3) is 14.6. The number of carbonyl (C=O) groups is 2. The van der Waals surface area contributed by atoms with Gasteiger partial charge in [0.05, 0.1) is 39.6 Å². The maximum Gasteiger partial charge on any atom is 0.248 e. The number of carbonyl (C=O) groups excluding carboxylic acids is 2. The molecule has 142 valence electrons. The average Bonchev–Trinajstić information content (AvgIpc) is 2.54. The number of nitrogens with zero attached hydrogens (tertiary/aromatic N) is 1. The molecule has 0 aliphatic heterocycles. The Morgan fingerprint density at radius 2 is 1.29 bits per heavy atom. The Balaban J connectivity index is 3.28. The van der Waals surface area contributed by atoms with Gasteiger partial charge in [-0.1, -0.05) is 20.8 Å². The first-order chi connectivity index (χ1) is 11.5.